The average Bonchev–Trinajstić information content (AvgIpc) is 2.29. The molecule has 0 aromatic carbocycles. The Kier molecular flexibility index (Phi) is 3.47. The molecule has 0 bridgehead atoms. The first-order valence-electron chi connectivity index (χ1n) is 4.71. The molecule has 0 aliphatic rings. The lowest BCUT2D eigenvalue weighted by atomic mass is 10.4. The fourth-order valence-corrected chi connectivity index (χ4v) is 1.96. The number of rotatable bonds is 4. The van der Waals surface area contributed by atoms with E-state index in [9.17, 15) is 0 Å². The van der Waals surface area contributed by atoms with E-state index >= 15 is 0 Å². The minimum atomic E-state index is 0.223. The molecule has 0 atom stereocenters. The van der Waals surface area contributed by atoms with Gasteiger partial charge in [0.25, 0.3) is 0 Å². The summed E-state index contributed by atoms with van der Waals surface area (Å²) >= 11 is 1.62. The molecule has 0 spiro atoms. The number of fused-ring (bicyclic) bond motifs is 1. The summed E-state index contributed by atoms with van der Waals surface area (Å²) in [4.78, 5) is 12.6. The molecule has 0 radical (unpaired) electrons. The van der Waals surface area contributed by atoms with Gasteiger partial charge in [-0.05, 0) is 18.6 Å². The smallest absolute Gasteiger partial charge is 0.179 e. The molecule has 1 N–H and O–H groups in total. The molecule has 4 nitrogen and oxygen atoms in total. The molecule has 5 heteroatoms. The minimum absolute atomic E-state index is 0.223. The molecule has 0 saturated heterocycles. The van der Waals surface area contributed by atoms with Crippen LogP contribution in [0.5, 0.6) is 0 Å². The third-order valence-corrected chi connectivity index (χ3v) is 2.87. The first kappa shape index (κ1) is 10.3. The Hall–Kier alpha value is -1.20. The second-order valence-electron chi connectivity index (χ2n) is 2.97. The van der Waals surface area contributed by atoms with Crippen molar-refractivity contribution >= 4 is 22.9 Å². The quantitative estimate of drug-likeness (QED) is 0.626. The van der Waals surface area contributed by atoms with Crippen LogP contribution in [-0.4, -0.2) is 32.4 Å². The zero-order valence-corrected chi connectivity index (χ0v) is 8.94. The number of aliphatic hydroxyl groups is 1. The Bertz CT molecular complexity index is 449. The van der Waals surface area contributed by atoms with E-state index in [1.165, 1.54) is 0 Å². The predicted molar refractivity (Wildman–Crippen MR) is 59.8 cm³/mol. The van der Waals surface area contributed by atoms with Gasteiger partial charge in [-0.15, -0.1) is 11.8 Å². The van der Waals surface area contributed by atoms with Gasteiger partial charge in [-0.3, -0.25) is 4.98 Å². The Balaban J connectivity index is 2.16. The van der Waals surface area contributed by atoms with Crippen LogP contribution >= 0.6 is 11.8 Å². The molecule has 0 saturated carbocycles. The summed E-state index contributed by atoms with van der Waals surface area (Å²) in [6, 6.07) is 3.84. The van der Waals surface area contributed by atoms with Crippen LogP contribution in [0.2, 0.25) is 0 Å². The maximum Gasteiger partial charge on any atom is 0.179 e. The summed E-state index contributed by atoms with van der Waals surface area (Å²) in [5, 5.41) is 9.59. The molecule has 2 heterocycles. The second-order valence-corrected chi connectivity index (χ2v) is 4.09. The highest BCUT2D eigenvalue weighted by molar-refractivity contribution is 7.99. The summed E-state index contributed by atoms with van der Waals surface area (Å²) in [6.07, 6.45) is 4.07. The van der Waals surface area contributed by atoms with Crippen molar-refractivity contribution in [3.8, 4) is 0 Å². The van der Waals surface area contributed by atoms with Crippen molar-refractivity contribution in [2.45, 2.75) is 11.4 Å². The molecule has 2 aromatic heterocycles. The van der Waals surface area contributed by atoms with Gasteiger partial charge < -0.3 is 5.11 Å². The maximum atomic E-state index is 8.66. The second kappa shape index (κ2) is 5.04. The third-order valence-electron chi connectivity index (χ3n) is 1.86. The molecule has 15 heavy (non-hydrogen) atoms. The van der Waals surface area contributed by atoms with Gasteiger partial charge in [-0.1, -0.05) is 0 Å². The van der Waals surface area contributed by atoms with Gasteiger partial charge in [0, 0.05) is 24.8 Å². The van der Waals surface area contributed by atoms with Crippen molar-refractivity contribution in [3.05, 3.63) is 24.5 Å². The van der Waals surface area contributed by atoms with Crippen LogP contribution in [-0.2, 0) is 0 Å². The van der Waals surface area contributed by atoms with Gasteiger partial charge in [-0.25, -0.2) is 9.97 Å². The van der Waals surface area contributed by atoms with Crippen LogP contribution in [0.1, 0.15) is 6.42 Å². The number of aliphatic hydroxyl groups excluding tert-OH is 1. The Morgan fingerprint density at radius 1 is 1.20 bits per heavy atom. The number of nitrogens with zero attached hydrogens (tertiary/aromatic N) is 3. The molecule has 0 unspecified atom stereocenters. The van der Waals surface area contributed by atoms with Gasteiger partial charge in [-0.2, -0.15) is 0 Å². The average molecular weight is 221 g/mol. The van der Waals surface area contributed by atoms with E-state index in [1.807, 2.05) is 12.1 Å². The van der Waals surface area contributed by atoms with Crippen LogP contribution < -0.4 is 0 Å². The first-order chi connectivity index (χ1) is 7.40. The van der Waals surface area contributed by atoms with E-state index in [2.05, 4.69) is 15.0 Å². The SMILES string of the molecule is OCCCSc1ccc2nccnc2n1. The van der Waals surface area contributed by atoms with Crippen LogP contribution in [0, 0.1) is 0 Å². The molecular formula is C10H11N3OS. The molecule has 78 valence electrons. The highest BCUT2D eigenvalue weighted by Gasteiger charge is 1.99. The topological polar surface area (TPSA) is 58.9 Å². The lowest BCUT2D eigenvalue weighted by molar-refractivity contribution is 0.296. The minimum Gasteiger partial charge on any atom is -0.396 e. The number of aromatic nitrogens is 3. The number of hydrogen-bond acceptors (Lipinski definition) is 5. The van der Waals surface area contributed by atoms with Gasteiger partial charge in [0.2, 0.25) is 0 Å². The lowest BCUT2D eigenvalue weighted by Gasteiger charge is -2.00. The van der Waals surface area contributed by atoms with E-state index in [1.54, 1.807) is 24.2 Å². The van der Waals surface area contributed by atoms with Gasteiger partial charge in [0.15, 0.2) is 5.65 Å². The summed E-state index contributed by atoms with van der Waals surface area (Å²) in [7, 11) is 0. The molecule has 2 rings (SSSR count). The van der Waals surface area contributed by atoms with E-state index in [4.69, 9.17) is 5.11 Å². The summed E-state index contributed by atoms with van der Waals surface area (Å²) in [5.74, 6) is 0.870. The summed E-state index contributed by atoms with van der Waals surface area (Å²) in [6.45, 7) is 0.223. The van der Waals surface area contributed by atoms with Crippen molar-refractivity contribution in [1.29, 1.82) is 0 Å². The van der Waals surface area contributed by atoms with Gasteiger partial charge >= 0.3 is 0 Å². The van der Waals surface area contributed by atoms with Crippen LogP contribution in [0.4, 0.5) is 0 Å². The zero-order chi connectivity index (χ0) is 10.5. The van der Waals surface area contributed by atoms with Crippen molar-refractivity contribution < 1.29 is 5.11 Å². The summed E-state index contributed by atoms with van der Waals surface area (Å²) < 4.78 is 0. The van der Waals surface area contributed by atoms with E-state index in [0.29, 0.717) is 5.65 Å². The van der Waals surface area contributed by atoms with Crippen molar-refractivity contribution in [2.75, 3.05) is 12.4 Å². The normalized spacial score (nSPS) is 10.7. The summed E-state index contributed by atoms with van der Waals surface area (Å²) in [5.41, 5.74) is 1.48. The zero-order valence-electron chi connectivity index (χ0n) is 8.13. The molecule has 0 aliphatic carbocycles. The Morgan fingerprint density at radius 3 is 2.93 bits per heavy atom. The fraction of sp³-hybridized carbons (Fsp3) is 0.300. The monoisotopic (exact) mass is 221 g/mol. The van der Waals surface area contributed by atoms with Crippen LogP contribution in [0.25, 0.3) is 11.2 Å². The Morgan fingerprint density at radius 2 is 2.07 bits per heavy atom. The molecule has 0 amide bonds. The standard InChI is InChI=1S/C10H11N3OS/c14-6-1-7-15-9-3-2-8-10(13-9)12-5-4-11-8/h2-5,14H,1,6-7H2. The van der Waals surface area contributed by atoms with E-state index in [0.717, 1.165) is 22.7 Å². The molecule has 2 aromatic rings. The highest BCUT2D eigenvalue weighted by atomic mass is 32.2. The highest BCUT2D eigenvalue weighted by Crippen LogP contribution is 2.18. The lowest BCUT2D eigenvalue weighted by Crippen LogP contribution is -1.90. The van der Waals surface area contributed by atoms with Gasteiger partial charge in [0.05, 0.1) is 5.03 Å². The van der Waals surface area contributed by atoms with E-state index < -0.39 is 0 Å². The molecular weight excluding hydrogens is 210 g/mol. The molecule has 0 aliphatic heterocycles. The van der Waals surface area contributed by atoms with E-state index in [-0.39, 0.29) is 6.61 Å². The largest absolute Gasteiger partial charge is 0.396 e. The predicted octanol–water partition coefficient (Wildman–Crippen LogP) is 1.50. The molecule has 0 fully saturated rings. The number of hydrogen-bond donors (Lipinski definition) is 1. The maximum absolute atomic E-state index is 8.66. The van der Waals surface area contributed by atoms with Crippen LogP contribution in [0.3, 0.4) is 0 Å². The van der Waals surface area contributed by atoms with Crippen molar-refractivity contribution in [3.63, 3.8) is 0 Å². The van der Waals surface area contributed by atoms with Crippen molar-refractivity contribution in [1.82, 2.24) is 15.0 Å². The first-order valence-corrected chi connectivity index (χ1v) is 5.70. The number of thioether (sulfide) groups is 1. The van der Waals surface area contributed by atoms with Crippen molar-refractivity contribution in [2.24, 2.45) is 0 Å². The van der Waals surface area contributed by atoms with Gasteiger partial charge in [0.1, 0.15) is 5.52 Å². The number of pyridine rings is 1. The fourth-order valence-electron chi connectivity index (χ4n) is 1.16. The third kappa shape index (κ3) is 2.64. The Labute approximate surface area is 91.8 Å². The van der Waals surface area contributed by atoms with Crippen LogP contribution in [0.15, 0.2) is 29.6 Å².